The molecule has 0 radical (unpaired) electrons. The second-order valence-corrected chi connectivity index (χ2v) is 3.49. The molecule has 0 aromatic heterocycles. The van der Waals surface area contributed by atoms with Crippen LogP contribution in [0.3, 0.4) is 0 Å². The number of aryl methyl sites for hydroxylation is 1. The fourth-order valence-corrected chi connectivity index (χ4v) is 1.85. The van der Waals surface area contributed by atoms with Crippen LogP contribution in [0.1, 0.15) is 27.0 Å². The molecule has 74 valence electrons. The molecule has 0 spiro atoms. The van der Waals surface area contributed by atoms with Crippen molar-refractivity contribution in [3.05, 3.63) is 34.4 Å². The van der Waals surface area contributed by atoms with Gasteiger partial charge in [0.15, 0.2) is 0 Å². The van der Waals surface area contributed by atoms with Gasteiger partial charge >= 0.3 is 5.97 Å². The van der Waals surface area contributed by atoms with Crippen molar-refractivity contribution in [2.45, 2.75) is 20.0 Å². The van der Waals surface area contributed by atoms with Gasteiger partial charge in [0, 0.05) is 0 Å². The lowest BCUT2D eigenvalue weighted by atomic mass is 9.93. The van der Waals surface area contributed by atoms with Gasteiger partial charge in [0.25, 0.3) is 0 Å². The first-order valence-corrected chi connectivity index (χ1v) is 4.62. The van der Waals surface area contributed by atoms with Gasteiger partial charge in [-0.1, -0.05) is 6.07 Å². The lowest BCUT2D eigenvalue weighted by molar-refractivity contribution is 0.0690. The highest BCUT2D eigenvalue weighted by Crippen LogP contribution is 2.24. The number of hydrogen-bond acceptors (Lipinski definition) is 2. The number of aromatic carboxylic acids is 1. The summed E-state index contributed by atoms with van der Waals surface area (Å²) in [4.78, 5) is 10.9. The normalized spacial score (nSPS) is 14.9. The van der Waals surface area contributed by atoms with E-state index in [4.69, 9.17) is 9.84 Å². The number of fused-ring (bicyclic) bond motifs is 1. The fourth-order valence-electron chi connectivity index (χ4n) is 1.85. The lowest BCUT2D eigenvalue weighted by Crippen LogP contribution is -2.16. The summed E-state index contributed by atoms with van der Waals surface area (Å²) in [7, 11) is 0. The van der Waals surface area contributed by atoms with E-state index in [9.17, 15) is 4.79 Å². The Labute approximate surface area is 82.3 Å². The quantitative estimate of drug-likeness (QED) is 0.737. The minimum Gasteiger partial charge on any atom is -0.478 e. The Morgan fingerprint density at radius 1 is 1.43 bits per heavy atom. The van der Waals surface area contributed by atoms with E-state index in [0.29, 0.717) is 25.2 Å². The molecule has 1 aromatic rings. The van der Waals surface area contributed by atoms with Gasteiger partial charge in [0.1, 0.15) is 0 Å². The molecule has 0 unspecified atom stereocenters. The Morgan fingerprint density at radius 2 is 2.21 bits per heavy atom. The zero-order valence-corrected chi connectivity index (χ0v) is 8.04. The minimum atomic E-state index is -0.844. The summed E-state index contributed by atoms with van der Waals surface area (Å²) in [6, 6.07) is 3.53. The van der Waals surface area contributed by atoms with Crippen molar-refractivity contribution in [1.29, 1.82) is 0 Å². The smallest absolute Gasteiger partial charge is 0.335 e. The van der Waals surface area contributed by atoms with Gasteiger partial charge in [-0.25, -0.2) is 4.79 Å². The average Bonchev–Trinajstić information content (AvgIpc) is 2.18. The van der Waals surface area contributed by atoms with E-state index in [1.54, 1.807) is 6.07 Å². The number of carboxylic acids is 1. The summed E-state index contributed by atoms with van der Waals surface area (Å²) in [5, 5.41) is 8.99. The molecule has 1 aliphatic rings. The van der Waals surface area contributed by atoms with Gasteiger partial charge in [-0.15, -0.1) is 0 Å². The zero-order chi connectivity index (χ0) is 10.1. The summed E-state index contributed by atoms with van der Waals surface area (Å²) in [5.74, 6) is -0.844. The molecule has 0 atom stereocenters. The molecule has 1 heterocycles. The maximum absolute atomic E-state index is 10.9. The highest BCUT2D eigenvalue weighted by Gasteiger charge is 2.18. The average molecular weight is 192 g/mol. The SMILES string of the molecule is Cc1ccc(C(=O)O)c2c1COCC2. The van der Waals surface area contributed by atoms with Crippen molar-refractivity contribution >= 4 is 5.97 Å². The standard InChI is InChI=1S/C11H12O3/c1-7-2-3-9(11(12)13)8-4-5-14-6-10(7)8/h2-3H,4-6H2,1H3,(H,12,13). The predicted octanol–water partition coefficient (Wildman–Crippen LogP) is 1.77. The topological polar surface area (TPSA) is 46.5 Å². The number of carboxylic acid groups (broad SMARTS) is 1. The van der Waals surface area contributed by atoms with Gasteiger partial charge in [0.05, 0.1) is 18.8 Å². The number of rotatable bonds is 1. The van der Waals surface area contributed by atoms with Crippen molar-refractivity contribution < 1.29 is 14.6 Å². The van der Waals surface area contributed by atoms with E-state index in [0.717, 1.165) is 16.7 Å². The molecule has 1 N–H and O–H groups in total. The zero-order valence-electron chi connectivity index (χ0n) is 8.04. The molecule has 0 amide bonds. The third-order valence-electron chi connectivity index (χ3n) is 2.64. The molecule has 14 heavy (non-hydrogen) atoms. The van der Waals surface area contributed by atoms with Gasteiger partial charge in [-0.3, -0.25) is 0 Å². The van der Waals surface area contributed by atoms with Crippen molar-refractivity contribution in [2.24, 2.45) is 0 Å². The molecule has 3 heteroatoms. The highest BCUT2D eigenvalue weighted by atomic mass is 16.5. The Kier molecular flexibility index (Phi) is 2.25. The first-order chi connectivity index (χ1) is 6.70. The van der Waals surface area contributed by atoms with Crippen molar-refractivity contribution in [2.75, 3.05) is 6.61 Å². The molecule has 0 saturated carbocycles. The summed E-state index contributed by atoms with van der Waals surface area (Å²) in [6.45, 7) is 3.15. The lowest BCUT2D eigenvalue weighted by Gasteiger charge is -2.20. The van der Waals surface area contributed by atoms with Crippen LogP contribution in [0.25, 0.3) is 0 Å². The van der Waals surface area contributed by atoms with Gasteiger partial charge in [-0.05, 0) is 36.1 Å². The van der Waals surface area contributed by atoms with Crippen LogP contribution in [0.15, 0.2) is 12.1 Å². The molecule has 1 aromatic carbocycles. The van der Waals surface area contributed by atoms with E-state index >= 15 is 0 Å². The van der Waals surface area contributed by atoms with Crippen LogP contribution in [-0.4, -0.2) is 17.7 Å². The Balaban J connectivity index is 2.59. The second kappa shape index (κ2) is 3.42. The van der Waals surface area contributed by atoms with Crippen LogP contribution < -0.4 is 0 Å². The van der Waals surface area contributed by atoms with E-state index in [-0.39, 0.29) is 0 Å². The van der Waals surface area contributed by atoms with Crippen LogP contribution in [0, 0.1) is 6.92 Å². The van der Waals surface area contributed by atoms with Gasteiger partial charge in [0.2, 0.25) is 0 Å². The summed E-state index contributed by atoms with van der Waals surface area (Å²) >= 11 is 0. The Bertz CT molecular complexity index is 382. The van der Waals surface area contributed by atoms with E-state index in [2.05, 4.69) is 0 Å². The van der Waals surface area contributed by atoms with E-state index in [1.165, 1.54) is 0 Å². The maximum Gasteiger partial charge on any atom is 0.335 e. The van der Waals surface area contributed by atoms with Crippen molar-refractivity contribution in [1.82, 2.24) is 0 Å². The van der Waals surface area contributed by atoms with Crippen LogP contribution >= 0.6 is 0 Å². The first kappa shape index (κ1) is 9.21. The molecule has 2 rings (SSSR count). The molecular weight excluding hydrogens is 180 g/mol. The summed E-state index contributed by atoms with van der Waals surface area (Å²) in [5.41, 5.74) is 3.54. The fraction of sp³-hybridized carbons (Fsp3) is 0.364. The monoisotopic (exact) mass is 192 g/mol. The van der Waals surface area contributed by atoms with E-state index < -0.39 is 5.97 Å². The van der Waals surface area contributed by atoms with Crippen LogP contribution in [0.5, 0.6) is 0 Å². The van der Waals surface area contributed by atoms with Crippen molar-refractivity contribution in [3.8, 4) is 0 Å². The Morgan fingerprint density at radius 3 is 2.93 bits per heavy atom. The molecule has 0 aliphatic carbocycles. The molecule has 0 fully saturated rings. The minimum absolute atomic E-state index is 0.425. The predicted molar refractivity (Wildman–Crippen MR) is 51.5 cm³/mol. The number of benzene rings is 1. The van der Waals surface area contributed by atoms with Crippen LogP contribution in [0.4, 0.5) is 0 Å². The number of hydrogen-bond donors (Lipinski definition) is 1. The first-order valence-electron chi connectivity index (χ1n) is 4.62. The molecule has 0 saturated heterocycles. The number of ether oxygens (including phenoxy) is 1. The van der Waals surface area contributed by atoms with Gasteiger partial charge in [-0.2, -0.15) is 0 Å². The molecular formula is C11H12O3. The highest BCUT2D eigenvalue weighted by molar-refractivity contribution is 5.90. The van der Waals surface area contributed by atoms with Crippen LogP contribution in [0.2, 0.25) is 0 Å². The second-order valence-electron chi connectivity index (χ2n) is 3.49. The molecule has 0 bridgehead atoms. The summed E-state index contributed by atoms with van der Waals surface area (Å²) < 4.78 is 5.32. The van der Waals surface area contributed by atoms with Crippen molar-refractivity contribution in [3.63, 3.8) is 0 Å². The summed E-state index contributed by atoms with van der Waals surface area (Å²) in [6.07, 6.45) is 0.707. The third-order valence-corrected chi connectivity index (χ3v) is 2.64. The maximum atomic E-state index is 10.9. The molecule has 3 nitrogen and oxygen atoms in total. The largest absolute Gasteiger partial charge is 0.478 e. The van der Waals surface area contributed by atoms with Gasteiger partial charge < -0.3 is 9.84 Å². The Hall–Kier alpha value is -1.35. The third kappa shape index (κ3) is 1.40. The molecule has 1 aliphatic heterocycles. The van der Waals surface area contributed by atoms with Crippen LogP contribution in [-0.2, 0) is 17.8 Å². The number of carbonyl (C=O) groups is 1. The van der Waals surface area contributed by atoms with E-state index in [1.807, 2.05) is 13.0 Å².